The van der Waals surface area contributed by atoms with E-state index in [2.05, 4.69) is 15.9 Å². The van der Waals surface area contributed by atoms with E-state index < -0.39 is 15.5 Å². The molecule has 2 aromatic rings. The Morgan fingerprint density at radius 2 is 1.71 bits per heavy atom. The first-order valence-corrected chi connectivity index (χ1v) is 6.56. The molecule has 0 heterocycles. The maximum Gasteiger partial charge on any atom is 0.322 e. The van der Waals surface area contributed by atoms with Gasteiger partial charge in [-0.2, -0.15) is 0 Å². The Labute approximate surface area is 127 Å². The Morgan fingerprint density at radius 3 is 2.24 bits per heavy atom. The van der Waals surface area contributed by atoms with Gasteiger partial charge >= 0.3 is 5.69 Å². The van der Waals surface area contributed by atoms with E-state index in [0.29, 0.717) is 5.75 Å². The summed E-state index contributed by atoms with van der Waals surface area (Å²) in [5.41, 5.74) is -0.826. The Morgan fingerprint density at radius 1 is 1.10 bits per heavy atom. The molecule has 2 aromatic carbocycles. The molecule has 0 N–H and O–H groups in total. The fourth-order valence-corrected chi connectivity index (χ4v) is 2.30. The molecule has 0 atom stereocenters. The zero-order valence-electron chi connectivity index (χ0n) is 10.8. The van der Waals surface area contributed by atoms with Crippen LogP contribution in [0.15, 0.2) is 40.9 Å². The monoisotopic (exact) mass is 352 g/mol. The lowest BCUT2D eigenvalue weighted by Crippen LogP contribution is -2.01. The number of para-hydroxylation sites is 1. The van der Waals surface area contributed by atoms with Gasteiger partial charge in [0, 0.05) is 6.07 Å². The third-order valence-corrected chi connectivity index (χ3v) is 3.37. The van der Waals surface area contributed by atoms with Crippen LogP contribution in [0.2, 0.25) is 0 Å². The maximum absolute atomic E-state index is 11.2. The molecule has 0 saturated carbocycles. The molecular formula is C13H9BrN2O5. The number of nitro benzene ring substituents is 2. The molecule has 108 valence electrons. The summed E-state index contributed by atoms with van der Waals surface area (Å²) >= 11 is 3.09. The van der Waals surface area contributed by atoms with E-state index in [0.717, 1.165) is 0 Å². The lowest BCUT2D eigenvalue weighted by molar-refractivity contribution is -0.395. The Bertz CT molecular complexity index is 718. The largest absolute Gasteiger partial charge is 0.449 e. The van der Waals surface area contributed by atoms with Crippen LogP contribution in [0.4, 0.5) is 11.4 Å². The summed E-state index contributed by atoms with van der Waals surface area (Å²) in [4.78, 5) is 20.8. The Balaban J connectivity index is 2.62. The van der Waals surface area contributed by atoms with Gasteiger partial charge in [0.15, 0.2) is 0 Å². The van der Waals surface area contributed by atoms with Gasteiger partial charge in [0.25, 0.3) is 5.69 Å². The van der Waals surface area contributed by atoms with Crippen LogP contribution in [0.25, 0.3) is 0 Å². The van der Waals surface area contributed by atoms with Crippen molar-refractivity contribution < 1.29 is 14.6 Å². The molecule has 0 unspecified atom stereocenters. The van der Waals surface area contributed by atoms with Gasteiger partial charge in [0.05, 0.1) is 14.3 Å². The fraction of sp³-hybridized carbons (Fsp3) is 0.0769. The molecule has 0 fully saturated rings. The van der Waals surface area contributed by atoms with Gasteiger partial charge in [0.2, 0.25) is 5.75 Å². The normalized spacial score (nSPS) is 10.2. The number of halogens is 1. The van der Waals surface area contributed by atoms with Crippen molar-refractivity contribution >= 4 is 27.3 Å². The zero-order valence-corrected chi connectivity index (χ0v) is 12.4. The summed E-state index contributed by atoms with van der Waals surface area (Å²) in [5, 5.41) is 22.2. The SMILES string of the molecule is Cc1c([N+](=O)[O-])cc(Br)c(Oc2ccccc2)c1[N+](=O)[O-]. The minimum Gasteiger partial charge on any atom is -0.449 e. The highest BCUT2D eigenvalue weighted by Gasteiger charge is 2.30. The van der Waals surface area contributed by atoms with Crippen LogP contribution in [0.3, 0.4) is 0 Å². The van der Waals surface area contributed by atoms with Gasteiger partial charge in [-0.1, -0.05) is 18.2 Å². The van der Waals surface area contributed by atoms with Crippen molar-refractivity contribution in [2.24, 2.45) is 0 Å². The van der Waals surface area contributed by atoms with E-state index >= 15 is 0 Å². The topological polar surface area (TPSA) is 95.5 Å². The molecule has 0 aliphatic heterocycles. The number of nitrogens with zero attached hydrogens (tertiary/aromatic N) is 2. The lowest BCUT2D eigenvalue weighted by Gasteiger charge is -2.10. The van der Waals surface area contributed by atoms with Crippen LogP contribution >= 0.6 is 15.9 Å². The maximum atomic E-state index is 11.2. The summed E-state index contributed by atoms with van der Waals surface area (Å²) in [5.74, 6) is 0.337. The first kappa shape index (κ1) is 14.9. The van der Waals surface area contributed by atoms with E-state index in [1.54, 1.807) is 30.3 Å². The smallest absolute Gasteiger partial charge is 0.322 e. The minimum absolute atomic E-state index is 0.0564. The quantitative estimate of drug-likeness (QED) is 0.601. The molecule has 0 spiro atoms. The van der Waals surface area contributed by atoms with Crippen LogP contribution in [0.5, 0.6) is 11.5 Å². The predicted molar refractivity (Wildman–Crippen MR) is 78.7 cm³/mol. The molecule has 7 nitrogen and oxygen atoms in total. The van der Waals surface area contributed by atoms with Gasteiger partial charge in [-0.05, 0) is 35.0 Å². The average Bonchev–Trinajstić information content (AvgIpc) is 2.43. The summed E-state index contributed by atoms with van der Waals surface area (Å²) in [6.45, 7) is 1.32. The molecular weight excluding hydrogens is 344 g/mol. The van der Waals surface area contributed by atoms with Gasteiger partial charge in [-0.15, -0.1) is 0 Å². The first-order valence-electron chi connectivity index (χ1n) is 5.76. The van der Waals surface area contributed by atoms with Crippen molar-refractivity contribution in [2.75, 3.05) is 0 Å². The van der Waals surface area contributed by atoms with E-state index in [-0.39, 0.29) is 21.5 Å². The standard InChI is InChI=1S/C13H9BrN2O5/c1-8-11(15(17)18)7-10(14)13(12(8)16(19)20)21-9-5-3-2-4-6-9/h2-7H,1H3. The highest BCUT2D eigenvalue weighted by Crippen LogP contribution is 2.44. The summed E-state index contributed by atoms with van der Waals surface area (Å²) in [6, 6.07) is 9.67. The van der Waals surface area contributed by atoms with Crippen LogP contribution < -0.4 is 4.74 Å². The highest BCUT2D eigenvalue weighted by molar-refractivity contribution is 9.10. The lowest BCUT2D eigenvalue weighted by atomic mass is 10.1. The van der Waals surface area contributed by atoms with Gasteiger partial charge in [-0.25, -0.2) is 0 Å². The minimum atomic E-state index is -0.689. The molecule has 0 aliphatic carbocycles. The summed E-state index contributed by atoms with van der Waals surface area (Å²) < 4.78 is 5.65. The predicted octanol–water partition coefficient (Wildman–Crippen LogP) is 4.37. The highest BCUT2D eigenvalue weighted by atomic mass is 79.9. The fourth-order valence-electron chi connectivity index (χ4n) is 1.81. The van der Waals surface area contributed by atoms with Crippen LogP contribution in [0, 0.1) is 27.2 Å². The van der Waals surface area contributed by atoms with Crippen molar-refractivity contribution in [3.8, 4) is 11.5 Å². The van der Waals surface area contributed by atoms with E-state index in [1.165, 1.54) is 13.0 Å². The van der Waals surface area contributed by atoms with E-state index in [9.17, 15) is 20.2 Å². The average molecular weight is 353 g/mol. The van der Waals surface area contributed by atoms with Crippen molar-refractivity contribution in [1.82, 2.24) is 0 Å². The number of ether oxygens (including phenoxy) is 1. The summed E-state index contributed by atoms with van der Waals surface area (Å²) in [6.07, 6.45) is 0. The molecule has 2 rings (SSSR count). The number of hydrogen-bond donors (Lipinski definition) is 0. The molecule has 8 heteroatoms. The number of rotatable bonds is 4. The van der Waals surface area contributed by atoms with Crippen molar-refractivity contribution in [1.29, 1.82) is 0 Å². The van der Waals surface area contributed by atoms with Crippen LogP contribution in [-0.2, 0) is 0 Å². The second-order valence-corrected chi connectivity index (χ2v) is 4.96. The third kappa shape index (κ3) is 3.00. The van der Waals surface area contributed by atoms with Crippen molar-refractivity contribution in [3.63, 3.8) is 0 Å². The van der Waals surface area contributed by atoms with Crippen LogP contribution in [0.1, 0.15) is 5.56 Å². The van der Waals surface area contributed by atoms with Gasteiger partial charge < -0.3 is 4.74 Å². The molecule has 0 amide bonds. The second-order valence-electron chi connectivity index (χ2n) is 4.11. The van der Waals surface area contributed by atoms with E-state index in [4.69, 9.17) is 4.74 Å². The summed E-state index contributed by atoms with van der Waals surface area (Å²) in [7, 11) is 0. The van der Waals surface area contributed by atoms with E-state index in [1.807, 2.05) is 0 Å². The number of hydrogen-bond acceptors (Lipinski definition) is 5. The van der Waals surface area contributed by atoms with Crippen molar-refractivity contribution in [2.45, 2.75) is 6.92 Å². The van der Waals surface area contributed by atoms with Crippen molar-refractivity contribution in [3.05, 3.63) is 66.7 Å². The van der Waals surface area contributed by atoms with Gasteiger partial charge in [0.1, 0.15) is 11.3 Å². The second kappa shape index (κ2) is 5.88. The molecule has 0 aromatic heterocycles. The molecule has 0 bridgehead atoms. The Kier molecular flexibility index (Phi) is 4.18. The number of nitro groups is 2. The molecule has 21 heavy (non-hydrogen) atoms. The number of benzene rings is 2. The molecule has 0 saturated heterocycles. The Hall–Kier alpha value is -2.48. The molecule has 0 aliphatic rings. The zero-order chi connectivity index (χ0) is 15.6. The molecule has 0 radical (unpaired) electrons. The first-order chi connectivity index (χ1) is 9.91. The van der Waals surface area contributed by atoms with Gasteiger partial charge in [-0.3, -0.25) is 20.2 Å². The van der Waals surface area contributed by atoms with Crippen LogP contribution in [-0.4, -0.2) is 9.85 Å². The third-order valence-electron chi connectivity index (χ3n) is 2.78.